The first-order valence-electron chi connectivity index (χ1n) is 2.01. The van der Waals surface area contributed by atoms with Gasteiger partial charge in [-0.05, 0) is 0 Å². The third-order valence-corrected chi connectivity index (χ3v) is 1.73. The maximum atomic E-state index is 10.3. The predicted molar refractivity (Wildman–Crippen MR) is 33.6 cm³/mol. The van der Waals surface area contributed by atoms with E-state index >= 15 is 0 Å². The minimum atomic E-state index is -3.29. The van der Waals surface area contributed by atoms with Crippen LogP contribution in [0.25, 0.3) is 0 Å². The molecule has 0 aromatic carbocycles. The highest BCUT2D eigenvalue weighted by atomic mass is 32.2. The molecule has 0 saturated carbocycles. The Morgan fingerprint density at radius 1 is 1.75 bits per heavy atom. The second-order valence-electron chi connectivity index (χ2n) is 1.18. The van der Waals surface area contributed by atoms with Gasteiger partial charge >= 0.3 is 0 Å². The second kappa shape index (κ2) is 2.89. The van der Waals surface area contributed by atoms with E-state index in [9.17, 15) is 8.42 Å². The van der Waals surface area contributed by atoms with Crippen LogP contribution >= 0.6 is 0 Å². The van der Waals surface area contributed by atoms with Gasteiger partial charge in [0.25, 0.3) is 18.2 Å². The van der Waals surface area contributed by atoms with Crippen molar-refractivity contribution < 1.29 is 12.5 Å². The molecular weight excluding hydrogens is 127 g/mol. The highest BCUT2D eigenvalue weighted by molar-refractivity contribution is 7.87. The number of hydrogen-bond acceptors (Lipinski definition) is 3. The van der Waals surface area contributed by atoms with Crippen molar-refractivity contribution in [3.63, 3.8) is 0 Å². The van der Waals surface area contributed by atoms with Crippen molar-refractivity contribution in [3.8, 4) is 0 Å². The van der Waals surface area contributed by atoms with Crippen LogP contribution in [0.3, 0.4) is 0 Å². The first-order valence-corrected chi connectivity index (χ1v) is 3.59. The molecule has 0 heterocycles. The molecule has 8 heavy (non-hydrogen) atoms. The SMILES string of the molecule is BOS(=O)(=O)CC=C. The molecular formula is C3H7BO3S. The van der Waals surface area contributed by atoms with Crippen LogP contribution in [-0.2, 0) is 14.2 Å². The monoisotopic (exact) mass is 134 g/mol. The zero-order chi connectivity index (χ0) is 6.62. The third kappa shape index (κ3) is 2.82. The molecule has 0 aliphatic heterocycles. The van der Waals surface area contributed by atoms with Crippen molar-refractivity contribution in [1.82, 2.24) is 0 Å². The Morgan fingerprint density at radius 3 is 2.38 bits per heavy atom. The lowest BCUT2D eigenvalue weighted by molar-refractivity contribution is 0.511. The highest BCUT2D eigenvalue weighted by Gasteiger charge is 2.01. The molecule has 0 amide bonds. The summed E-state index contributed by atoms with van der Waals surface area (Å²) < 4.78 is 24.7. The molecule has 0 saturated heterocycles. The zero-order valence-corrected chi connectivity index (χ0v) is 5.44. The highest BCUT2D eigenvalue weighted by Crippen LogP contribution is 1.87. The molecule has 0 aliphatic carbocycles. The van der Waals surface area contributed by atoms with E-state index in [0.29, 0.717) is 0 Å². The van der Waals surface area contributed by atoms with Gasteiger partial charge in [0.2, 0.25) is 0 Å². The first kappa shape index (κ1) is 7.71. The van der Waals surface area contributed by atoms with Gasteiger partial charge in [-0.1, -0.05) is 6.08 Å². The maximum Gasteiger partial charge on any atom is 0.283 e. The minimum absolute atomic E-state index is 0.122. The molecule has 0 bridgehead atoms. The Kier molecular flexibility index (Phi) is 2.78. The van der Waals surface area contributed by atoms with Crippen LogP contribution in [0.15, 0.2) is 12.7 Å². The van der Waals surface area contributed by atoms with Crippen LogP contribution in [0, 0.1) is 0 Å². The summed E-state index contributed by atoms with van der Waals surface area (Å²) in [5.74, 6) is -0.122. The van der Waals surface area contributed by atoms with Crippen molar-refractivity contribution in [2.45, 2.75) is 0 Å². The molecule has 0 N–H and O–H groups in total. The quantitative estimate of drug-likeness (QED) is 0.369. The molecule has 46 valence electrons. The van der Waals surface area contributed by atoms with Gasteiger partial charge in [-0.25, -0.2) is 8.42 Å². The molecule has 0 atom stereocenters. The van der Waals surface area contributed by atoms with Gasteiger partial charge in [-0.15, -0.1) is 6.58 Å². The zero-order valence-electron chi connectivity index (χ0n) is 4.62. The van der Waals surface area contributed by atoms with Crippen molar-refractivity contribution in [1.29, 1.82) is 0 Å². The Hall–Kier alpha value is -0.285. The molecule has 0 radical (unpaired) electrons. The van der Waals surface area contributed by atoms with E-state index in [1.54, 1.807) is 0 Å². The van der Waals surface area contributed by atoms with E-state index in [2.05, 4.69) is 10.7 Å². The molecule has 5 heteroatoms. The normalized spacial score (nSPS) is 11.0. The number of rotatable bonds is 3. The summed E-state index contributed by atoms with van der Waals surface area (Å²) >= 11 is 0. The summed E-state index contributed by atoms with van der Waals surface area (Å²) in [4.78, 5) is 0. The lowest BCUT2D eigenvalue weighted by Crippen LogP contribution is -2.05. The van der Waals surface area contributed by atoms with Gasteiger partial charge < -0.3 is 4.10 Å². The molecule has 0 fully saturated rings. The standard InChI is InChI=1S/C3H7BO3S/c1-2-3-8(5,6)7-4/h2H,1,3-4H2. The Labute approximate surface area is 49.9 Å². The van der Waals surface area contributed by atoms with Gasteiger partial charge in [-0.3, -0.25) is 0 Å². The van der Waals surface area contributed by atoms with Crippen LogP contribution < -0.4 is 0 Å². The van der Waals surface area contributed by atoms with Gasteiger partial charge in [0.05, 0.1) is 5.75 Å². The molecule has 0 aliphatic rings. The molecule has 0 spiro atoms. The smallest absolute Gasteiger partial charge is 0.283 e. The van der Waals surface area contributed by atoms with E-state index in [1.165, 1.54) is 6.08 Å². The molecule has 0 unspecified atom stereocenters. The summed E-state index contributed by atoms with van der Waals surface area (Å²) in [6.07, 6.45) is 1.28. The average Bonchev–Trinajstić information content (AvgIpc) is 1.67. The van der Waals surface area contributed by atoms with E-state index < -0.39 is 10.1 Å². The van der Waals surface area contributed by atoms with E-state index in [4.69, 9.17) is 0 Å². The summed E-state index contributed by atoms with van der Waals surface area (Å²) in [5, 5.41) is 0. The van der Waals surface area contributed by atoms with Crippen LogP contribution in [0.1, 0.15) is 0 Å². The van der Waals surface area contributed by atoms with E-state index in [0.717, 1.165) is 8.05 Å². The topological polar surface area (TPSA) is 43.4 Å². The van der Waals surface area contributed by atoms with Crippen molar-refractivity contribution >= 4 is 18.2 Å². The Morgan fingerprint density at radius 2 is 2.25 bits per heavy atom. The third-order valence-electron chi connectivity index (χ3n) is 0.576. The molecule has 3 nitrogen and oxygen atoms in total. The second-order valence-corrected chi connectivity index (χ2v) is 2.96. The van der Waals surface area contributed by atoms with Crippen LogP contribution in [0.5, 0.6) is 0 Å². The van der Waals surface area contributed by atoms with E-state index in [1.807, 2.05) is 0 Å². The lowest BCUT2D eigenvalue weighted by atomic mass is 10.6. The largest absolute Gasteiger partial charge is 0.343 e. The van der Waals surface area contributed by atoms with Crippen LogP contribution in [0.4, 0.5) is 0 Å². The van der Waals surface area contributed by atoms with Crippen molar-refractivity contribution in [3.05, 3.63) is 12.7 Å². The van der Waals surface area contributed by atoms with Gasteiger partial charge in [-0.2, -0.15) is 0 Å². The fourth-order valence-electron chi connectivity index (χ4n) is 0.212. The van der Waals surface area contributed by atoms with Gasteiger partial charge in [0, 0.05) is 0 Å². The van der Waals surface area contributed by atoms with Crippen LogP contribution in [-0.4, -0.2) is 22.2 Å². The first-order chi connectivity index (χ1) is 3.62. The lowest BCUT2D eigenvalue weighted by Gasteiger charge is -1.93. The summed E-state index contributed by atoms with van der Waals surface area (Å²) in [7, 11) is -2.16. The van der Waals surface area contributed by atoms with Crippen molar-refractivity contribution in [2.24, 2.45) is 0 Å². The summed E-state index contributed by atoms with van der Waals surface area (Å²) in [5.41, 5.74) is 0. The summed E-state index contributed by atoms with van der Waals surface area (Å²) in [6.45, 7) is 3.23. The van der Waals surface area contributed by atoms with Gasteiger partial charge in [0.1, 0.15) is 0 Å². The maximum absolute atomic E-state index is 10.3. The predicted octanol–water partition coefficient (Wildman–Crippen LogP) is -0.933. The van der Waals surface area contributed by atoms with Gasteiger partial charge in [0.15, 0.2) is 0 Å². The fraction of sp³-hybridized carbons (Fsp3) is 0.333. The Balaban J connectivity index is 3.94. The molecule has 0 rings (SSSR count). The number of hydrogen-bond donors (Lipinski definition) is 0. The molecule has 0 aromatic heterocycles. The fourth-order valence-corrected chi connectivity index (χ4v) is 0.637. The van der Waals surface area contributed by atoms with E-state index in [-0.39, 0.29) is 5.75 Å². The van der Waals surface area contributed by atoms with Crippen LogP contribution in [0.2, 0.25) is 0 Å². The minimum Gasteiger partial charge on any atom is -0.343 e. The Bertz CT molecular complexity index is 159. The summed E-state index contributed by atoms with van der Waals surface area (Å²) in [6, 6.07) is 0. The van der Waals surface area contributed by atoms with Crippen molar-refractivity contribution in [2.75, 3.05) is 5.75 Å². The average molecular weight is 134 g/mol. The molecule has 0 aromatic rings.